The number of hydrogen-bond acceptors (Lipinski definition) is 0. The minimum atomic E-state index is 1.19. The first-order valence-corrected chi connectivity index (χ1v) is 4.49. The van der Waals surface area contributed by atoms with Crippen LogP contribution in [-0.2, 0) is 18.3 Å². The van der Waals surface area contributed by atoms with Crippen molar-refractivity contribution in [2.75, 3.05) is 5.33 Å². The fourth-order valence-electron chi connectivity index (χ4n) is 0. The van der Waals surface area contributed by atoms with Crippen LogP contribution in [0.15, 0.2) is 0 Å². The molecule has 4 heavy (non-hydrogen) atoms. The van der Waals surface area contributed by atoms with E-state index in [1.165, 1.54) is 28.6 Å². The first kappa shape index (κ1) is 5.10. The maximum atomic E-state index is 3.28. The SMILES string of the molecule is [Zn][CH2]CBr. The third kappa shape index (κ3) is 3.10. The molecule has 0 bridgehead atoms. The Morgan fingerprint density at radius 1 is 1.75 bits per heavy atom. The average molecular weight is 173 g/mol. The molecule has 0 radical (unpaired) electrons. The Labute approximate surface area is 44.8 Å². The summed E-state index contributed by atoms with van der Waals surface area (Å²) >= 11 is 4.70. The van der Waals surface area contributed by atoms with Crippen LogP contribution in [0.2, 0.25) is 5.02 Å². The van der Waals surface area contributed by atoms with E-state index < -0.39 is 0 Å². The quantitative estimate of drug-likeness (QED) is 0.415. The molecular formula is C2H4BrZn. The Balaban J connectivity index is 1.97. The molecule has 21 valence electrons. The summed E-state index contributed by atoms with van der Waals surface area (Å²) < 4.78 is 0. The molecule has 0 aliphatic heterocycles. The van der Waals surface area contributed by atoms with E-state index in [0.29, 0.717) is 0 Å². The third-order valence-electron chi connectivity index (χ3n) is 0.134. The molecule has 0 aromatic rings. The molecule has 0 N–H and O–H groups in total. The zero-order chi connectivity index (χ0) is 3.41. The van der Waals surface area contributed by atoms with Crippen LogP contribution in [0.25, 0.3) is 0 Å². The molecule has 0 unspecified atom stereocenters. The summed E-state index contributed by atoms with van der Waals surface area (Å²) in [6.07, 6.45) is 0. The summed E-state index contributed by atoms with van der Waals surface area (Å²) in [6.45, 7) is 0. The van der Waals surface area contributed by atoms with Gasteiger partial charge in [-0.25, -0.2) is 0 Å². The standard InChI is InChI=1S/C2H4Br.Zn/c1-2-3;/h1-2H2;. The summed E-state index contributed by atoms with van der Waals surface area (Å²) in [5, 5.41) is 2.55. The molecule has 0 aliphatic carbocycles. The molecule has 0 saturated carbocycles. The molecule has 2 heteroatoms. The van der Waals surface area contributed by atoms with E-state index >= 15 is 0 Å². The zero-order valence-electron chi connectivity index (χ0n) is 2.50. The van der Waals surface area contributed by atoms with Gasteiger partial charge in [-0.3, -0.25) is 0 Å². The van der Waals surface area contributed by atoms with Gasteiger partial charge in [-0.15, -0.1) is 0 Å². The van der Waals surface area contributed by atoms with Crippen LogP contribution in [-0.4, -0.2) is 5.33 Å². The Kier molecular flexibility index (Phi) is 5.24. The van der Waals surface area contributed by atoms with Gasteiger partial charge in [-0.1, -0.05) is 0 Å². The van der Waals surface area contributed by atoms with Crippen LogP contribution in [0.1, 0.15) is 0 Å². The van der Waals surface area contributed by atoms with Crippen LogP contribution in [0.5, 0.6) is 0 Å². The Morgan fingerprint density at radius 3 is 2.00 bits per heavy atom. The zero-order valence-corrected chi connectivity index (χ0v) is 7.05. The Morgan fingerprint density at radius 2 is 2.00 bits per heavy atom. The normalized spacial score (nSPS) is 7.75. The fraction of sp³-hybridized carbons (Fsp3) is 1.00. The number of alkyl halides is 1. The van der Waals surface area contributed by atoms with E-state index in [-0.39, 0.29) is 0 Å². The second-order valence-electron chi connectivity index (χ2n) is 0.543. The fourth-order valence-corrected chi connectivity index (χ4v) is 0. The minimum absolute atomic E-state index is 1.19. The van der Waals surface area contributed by atoms with Gasteiger partial charge in [0.25, 0.3) is 0 Å². The molecule has 0 fully saturated rings. The number of hydrogen-bond donors (Lipinski definition) is 0. The van der Waals surface area contributed by atoms with Crippen LogP contribution in [0.4, 0.5) is 0 Å². The van der Waals surface area contributed by atoms with Crippen molar-refractivity contribution in [1.82, 2.24) is 0 Å². The van der Waals surface area contributed by atoms with E-state index in [0.717, 1.165) is 0 Å². The Bertz CT molecular complexity index is 8.00. The maximum absolute atomic E-state index is 3.28. The van der Waals surface area contributed by atoms with Gasteiger partial charge in [0.05, 0.1) is 0 Å². The van der Waals surface area contributed by atoms with Gasteiger partial charge in [-0.05, 0) is 0 Å². The van der Waals surface area contributed by atoms with E-state index in [4.69, 9.17) is 0 Å². The molecule has 0 aromatic heterocycles. The summed E-state index contributed by atoms with van der Waals surface area (Å²) in [6, 6.07) is 0. The molecular weight excluding hydrogens is 169 g/mol. The van der Waals surface area contributed by atoms with E-state index in [9.17, 15) is 0 Å². The molecule has 0 atom stereocenters. The number of halogens is 1. The summed E-state index contributed by atoms with van der Waals surface area (Å²) in [5.74, 6) is 0. The predicted octanol–water partition coefficient (Wildman–Crippen LogP) is 1.35. The molecule has 0 aromatic carbocycles. The molecule has 0 saturated heterocycles. The summed E-state index contributed by atoms with van der Waals surface area (Å²) in [5.41, 5.74) is 0. The molecule has 0 aliphatic rings. The second kappa shape index (κ2) is 4.10. The van der Waals surface area contributed by atoms with Gasteiger partial charge in [0.2, 0.25) is 0 Å². The first-order chi connectivity index (χ1) is 1.91. The van der Waals surface area contributed by atoms with E-state index in [1.807, 2.05) is 0 Å². The van der Waals surface area contributed by atoms with Crippen molar-refractivity contribution < 1.29 is 18.3 Å². The molecule has 0 heterocycles. The van der Waals surface area contributed by atoms with Crippen molar-refractivity contribution in [1.29, 1.82) is 0 Å². The van der Waals surface area contributed by atoms with Gasteiger partial charge < -0.3 is 0 Å². The predicted molar refractivity (Wildman–Crippen MR) is 18.6 cm³/mol. The molecule has 0 nitrogen and oxygen atoms in total. The van der Waals surface area contributed by atoms with Crippen LogP contribution >= 0.6 is 15.9 Å². The van der Waals surface area contributed by atoms with E-state index in [2.05, 4.69) is 15.9 Å². The van der Waals surface area contributed by atoms with Gasteiger partial charge in [-0.2, -0.15) is 0 Å². The van der Waals surface area contributed by atoms with Gasteiger partial charge in [0.1, 0.15) is 0 Å². The summed E-state index contributed by atoms with van der Waals surface area (Å²) in [4.78, 5) is 0. The first-order valence-electron chi connectivity index (χ1n) is 1.27. The van der Waals surface area contributed by atoms with E-state index in [1.54, 1.807) is 0 Å². The van der Waals surface area contributed by atoms with Crippen molar-refractivity contribution in [3.63, 3.8) is 0 Å². The molecule has 0 amide bonds. The van der Waals surface area contributed by atoms with Crippen molar-refractivity contribution in [2.24, 2.45) is 0 Å². The van der Waals surface area contributed by atoms with Crippen molar-refractivity contribution in [3.05, 3.63) is 0 Å². The van der Waals surface area contributed by atoms with Gasteiger partial charge in [0.15, 0.2) is 0 Å². The van der Waals surface area contributed by atoms with Crippen LogP contribution in [0, 0.1) is 0 Å². The van der Waals surface area contributed by atoms with Gasteiger partial charge in [0, 0.05) is 0 Å². The topological polar surface area (TPSA) is 0 Å². The monoisotopic (exact) mass is 171 g/mol. The molecule has 0 rings (SSSR count). The van der Waals surface area contributed by atoms with Crippen molar-refractivity contribution in [2.45, 2.75) is 5.02 Å². The molecule has 0 spiro atoms. The third-order valence-corrected chi connectivity index (χ3v) is 3.61. The van der Waals surface area contributed by atoms with Gasteiger partial charge >= 0.3 is 44.6 Å². The summed E-state index contributed by atoms with van der Waals surface area (Å²) in [7, 11) is 0. The van der Waals surface area contributed by atoms with Crippen molar-refractivity contribution >= 4 is 15.9 Å². The van der Waals surface area contributed by atoms with Crippen LogP contribution < -0.4 is 0 Å². The van der Waals surface area contributed by atoms with Crippen LogP contribution in [0.3, 0.4) is 0 Å². The Hall–Kier alpha value is 1.10. The number of rotatable bonds is 1. The second-order valence-corrected chi connectivity index (χ2v) is 2.82. The van der Waals surface area contributed by atoms with Crippen molar-refractivity contribution in [3.8, 4) is 0 Å². The average Bonchev–Trinajstić information content (AvgIpc) is 1.37.